The van der Waals surface area contributed by atoms with Crippen LogP contribution in [0, 0.1) is 5.82 Å². The number of H-pyrrole nitrogens is 1. The van der Waals surface area contributed by atoms with Gasteiger partial charge in [0.05, 0.1) is 30.4 Å². The Balaban J connectivity index is 1.69. The number of methoxy groups -OCH3 is 1. The normalized spacial score (nSPS) is 11.6. The zero-order valence-corrected chi connectivity index (χ0v) is 18.6. The number of aromatic nitrogens is 4. The Bertz CT molecular complexity index is 1480. The number of carbonyl (C=O) groups excluding carboxylic acids is 2. The standard InChI is InChI=1S/C22H19F4N7O3/c1-36-15-3-2-10(23)6-12(15)21(35)31-8-14-17-11(4-5-29-17)13(7-30-14)18-16(20(28)34)19(27)33(32-18)9-22(24,25)26/h2-7,29H,8-9,27H2,1H3,(H2,28,34)(H,31,35). The predicted octanol–water partition coefficient (Wildman–Crippen LogP) is 2.75. The number of nitrogens with two attached hydrogens (primary N) is 2. The molecule has 0 aliphatic carbocycles. The number of rotatable bonds is 7. The molecule has 1 aromatic carbocycles. The molecule has 0 unspecified atom stereocenters. The number of carbonyl (C=O) groups is 2. The molecular weight excluding hydrogens is 486 g/mol. The highest BCUT2D eigenvalue weighted by Gasteiger charge is 2.32. The van der Waals surface area contributed by atoms with Gasteiger partial charge >= 0.3 is 6.18 Å². The summed E-state index contributed by atoms with van der Waals surface area (Å²) in [5.41, 5.74) is 11.6. The van der Waals surface area contributed by atoms with E-state index in [0.717, 1.165) is 12.1 Å². The second-order valence-electron chi connectivity index (χ2n) is 7.66. The molecule has 0 radical (unpaired) electrons. The van der Waals surface area contributed by atoms with E-state index in [-0.39, 0.29) is 34.7 Å². The number of nitrogens with one attached hydrogen (secondary N) is 2. The van der Waals surface area contributed by atoms with Crippen molar-refractivity contribution in [2.75, 3.05) is 12.8 Å². The van der Waals surface area contributed by atoms with Crippen molar-refractivity contribution in [1.82, 2.24) is 25.1 Å². The van der Waals surface area contributed by atoms with E-state index in [1.807, 2.05) is 0 Å². The second kappa shape index (κ2) is 9.20. The lowest BCUT2D eigenvalue weighted by atomic mass is 10.0. The highest BCUT2D eigenvalue weighted by Crippen LogP contribution is 2.34. The highest BCUT2D eigenvalue weighted by molar-refractivity contribution is 6.07. The van der Waals surface area contributed by atoms with Crippen molar-refractivity contribution in [3.05, 3.63) is 59.3 Å². The molecule has 0 saturated carbocycles. The van der Waals surface area contributed by atoms with Crippen LogP contribution in [0.4, 0.5) is 23.4 Å². The molecule has 3 aromatic heterocycles. The number of nitrogen functional groups attached to an aromatic ring is 1. The third-order valence-electron chi connectivity index (χ3n) is 5.32. The van der Waals surface area contributed by atoms with Crippen LogP contribution in [0.3, 0.4) is 0 Å². The van der Waals surface area contributed by atoms with Crippen LogP contribution in [-0.4, -0.2) is 44.8 Å². The number of anilines is 1. The number of primary amides is 1. The Kier molecular flexibility index (Phi) is 6.26. The topological polar surface area (TPSA) is 154 Å². The minimum atomic E-state index is -4.64. The van der Waals surface area contributed by atoms with Gasteiger partial charge in [-0.05, 0) is 24.3 Å². The summed E-state index contributed by atoms with van der Waals surface area (Å²) in [5.74, 6) is -2.65. The zero-order chi connectivity index (χ0) is 26.2. The molecule has 188 valence electrons. The average Bonchev–Trinajstić information content (AvgIpc) is 3.41. The quantitative estimate of drug-likeness (QED) is 0.283. The van der Waals surface area contributed by atoms with Crippen LogP contribution < -0.4 is 21.5 Å². The van der Waals surface area contributed by atoms with Gasteiger partial charge in [0.25, 0.3) is 11.8 Å². The lowest BCUT2D eigenvalue weighted by Gasteiger charge is -2.11. The van der Waals surface area contributed by atoms with Gasteiger partial charge in [0.2, 0.25) is 0 Å². The fourth-order valence-corrected chi connectivity index (χ4v) is 3.75. The van der Waals surface area contributed by atoms with Gasteiger partial charge in [0.15, 0.2) is 0 Å². The largest absolute Gasteiger partial charge is 0.496 e. The summed E-state index contributed by atoms with van der Waals surface area (Å²) < 4.78 is 58.0. The number of hydrogen-bond acceptors (Lipinski definition) is 6. The average molecular weight is 505 g/mol. The molecule has 0 aliphatic heterocycles. The number of ether oxygens (including phenoxy) is 1. The van der Waals surface area contributed by atoms with E-state index >= 15 is 0 Å². The molecule has 36 heavy (non-hydrogen) atoms. The fraction of sp³-hybridized carbons (Fsp3) is 0.182. The SMILES string of the molecule is COc1ccc(F)cc1C(=O)NCc1ncc(-c2nn(CC(F)(F)F)c(N)c2C(N)=O)c2cc[nH]c12. The van der Waals surface area contributed by atoms with Crippen LogP contribution in [0.1, 0.15) is 26.4 Å². The first-order chi connectivity index (χ1) is 17.0. The summed E-state index contributed by atoms with van der Waals surface area (Å²) in [6, 6.07) is 5.10. The van der Waals surface area contributed by atoms with Gasteiger partial charge in [-0.1, -0.05) is 0 Å². The fourth-order valence-electron chi connectivity index (χ4n) is 3.75. The first kappa shape index (κ1) is 24.5. The van der Waals surface area contributed by atoms with Crippen LogP contribution in [-0.2, 0) is 13.1 Å². The van der Waals surface area contributed by atoms with E-state index < -0.39 is 36.2 Å². The summed E-state index contributed by atoms with van der Waals surface area (Å²) in [4.78, 5) is 31.9. The van der Waals surface area contributed by atoms with Gasteiger partial charge in [-0.25, -0.2) is 9.07 Å². The highest BCUT2D eigenvalue weighted by atomic mass is 19.4. The van der Waals surface area contributed by atoms with Crippen molar-refractivity contribution in [3.8, 4) is 17.0 Å². The molecule has 2 amide bonds. The molecule has 3 heterocycles. The van der Waals surface area contributed by atoms with Crippen LogP contribution in [0.15, 0.2) is 36.7 Å². The van der Waals surface area contributed by atoms with Gasteiger partial charge in [-0.3, -0.25) is 14.6 Å². The number of aromatic amines is 1. The third kappa shape index (κ3) is 4.64. The molecule has 0 spiro atoms. The Morgan fingerprint density at radius 1 is 1.25 bits per heavy atom. The number of hydrogen-bond donors (Lipinski definition) is 4. The van der Waals surface area contributed by atoms with E-state index in [4.69, 9.17) is 16.2 Å². The number of amides is 2. The molecule has 6 N–H and O–H groups in total. The third-order valence-corrected chi connectivity index (χ3v) is 5.32. The van der Waals surface area contributed by atoms with Crippen molar-refractivity contribution < 1.29 is 31.9 Å². The number of fused-ring (bicyclic) bond motifs is 1. The first-order valence-corrected chi connectivity index (χ1v) is 10.3. The van der Waals surface area contributed by atoms with E-state index in [0.29, 0.717) is 21.3 Å². The Hall–Kier alpha value is -4.62. The van der Waals surface area contributed by atoms with E-state index in [2.05, 4.69) is 20.4 Å². The predicted molar refractivity (Wildman–Crippen MR) is 120 cm³/mol. The zero-order valence-electron chi connectivity index (χ0n) is 18.6. The lowest BCUT2D eigenvalue weighted by Crippen LogP contribution is -2.24. The molecular formula is C22H19F4N7O3. The minimum absolute atomic E-state index is 0.0198. The van der Waals surface area contributed by atoms with Crippen molar-refractivity contribution in [3.63, 3.8) is 0 Å². The van der Waals surface area contributed by atoms with Gasteiger partial charge in [-0.2, -0.15) is 18.3 Å². The Labute approximate surface area is 200 Å². The van der Waals surface area contributed by atoms with Crippen molar-refractivity contribution in [2.45, 2.75) is 19.3 Å². The number of alkyl halides is 3. The van der Waals surface area contributed by atoms with Crippen LogP contribution in [0.5, 0.6) is 5.75 Å². The van der Waals surface area contributed by atoms with Crippen LogP contribution >= 0.6 is 0 Å². The molecule has 0 saturated heterocycles. The molecule has 0 fully saturated rings. The molecule has 10 nitrogen and oxygen atoms in total. The maximum absolute atomic E-state index is 13.6. The first-order valence-electron chi connectivity index (χ1n) is 10.3. The van der Waals surface area contributed by atoms with E-state index in [9.17, 15) is 27.2 Å². The van der Waals surface area contributed by atoms with Gasteiger partial charge in [0.1, 0.15) is 35.2 Å². The minimum Gasteiger partial charge on any atom is -0.496 e. The molecule has 4 rings (SSSR count). The summed E-state index contributed by atoms with van der Waals surface area (Å²) in [6.07, 6.45) is -1.82. The lowest BCUT2D eigenvalue weighted by molar-refractivity contribution is -0.142. The van der Waals surface area contributed by atoms with Gasteiger partial charge in [-0.15, -0.1) is 0 Å². The number of halogens is 4. The summed E-state index contributed by atoms with van der Waals surface area (Å²) in [7, 11) is 1.34. The number of benzene rings is 1. The van der Waals surface area contributed by atoms with Crippen molar-refractivity contribution >= 4 is 28.5 Å². The van der Waals surface area contributed by atoms with Crippen LogP contribution in [0.2, 0.25) is 0 Å². The molecule has 14 heteroatoms. The van der Waals surface area contributed by atoms with Gasteiger partial charge < -0.3 is 26.5 Å². The molecule has 4 aromatic rings. The molecule has 0 aliphatic rings. The van der Waals surface area contributed by atoms with Crippen LogP contribution in [0.25, 0.3) is 22.2 Å². The summed E-state index contributed by atoms with van der Waals surface area (Å²) >= 11 is 0. The monoisotopic (exact) mass is 505 g/mol. The smallest absolute Gasteiger partial charge is 0.408 e. The van der Waals surface area contributed by atoms with Crippen molar-refractivity contribution in [1.29, 1.82) is 0 Å². The molecule has 0 atom stereocenters. The number of nitrogens with zero attached hydrogens (tertiary/aromatic N) is 3. The maximum Gasteiger partial charge on any atom is 0.408 e. The van der Waals surface area contributed by atoms with E-state index in [1.54, 1.807) is 6.07 Å². The van der Waals surface area contributed by atoms with E-state index in [1.165, 1.54) is 25.6 Å². The maximum atomic E-state index is 13.6. The Morgan fingerprint density at radius 2 is 2.00 bits per heavy atom. The Morgan fingerprint density at radius 3 is 2.67 bits per heavy atom. The number of pyridine rings is 1. The molecule has 0 bridgehead atoms. The van der Waals surface area contributed by atoms with Crippen molar-refractivity contribution in [2.24, 2.45) is 5.73 Å². The summed E-state index contributed by atoms with van der Waals surface area (Å²) in [6.45, 7) is -1.61. The second-order valence-corrected chi connectivity index (χ2v) is 7.66. The van der Waals surface area contributed by atoms with Gasteiger partial charge in [0, 0.05) is 23.3 Å². The summed E-state index contributed by atoms with van der Waals surface area (Å²) in [5, 5.41) is 6.95.